The monoisotopic (exact) mass is 243 g/mol. The highest BCUT2D eigenvalue weighted by molar-refractivity contribution is 5.98. The number of aromatic nitrogens is 1. The average Bonchev–Trinajstić information content (AvgIpc) is 2.27. The number of benzene rings is 1. The Balaban J connectivity index is 2.49. The van der Waals surface area contributed by atoms with Crippen LogP contribution in [0.4, 0.5) is 11.4 Å². The normalized spacial score (nSPS) is 11.8. The van der Waals surface area contributed by atoms with Crippen LogP contribution in [-0.4, -0.2) is 18.6 Å². The summed E-state index contributed by atoms with van der Waals surface area (Å²) < 4.78 is 0. The Hall–Kier alpha value is -1.77. The van der Waals surface area contributed by atoms with Gasteiger partial charge in [-0.05, 0) is 29.7 Å². The van der Waals surface area contributed by atoms with E-state index in [1.165, 1.54) is 5.69 Å². The number of rotatable bonds is 2. The Labute approximate surface area is 109 Å². The average molecular weight is 243 g/mol. The highest BCUT2D eigenvalue weighted by Crippen LogP contribution is 2.30. The fraction of sp³-hybridized carbons (Fsp3) is 0.400. The van der Waals surface area contributed by atoms with E-state index in [1.807, 2.05) is 12.1 Å². The molecular formula is C15H21N3. The van der Waals surface area contributed by atoms with Crippen LogP contribution in [-0.2, 0) is 0 Å². The van der Waals surface area contributed by atoms with Gasteiger partial charge in [0.15, 0.2) is 0 Å². The predicted octanol–water partition coefficient (Wildman–Crippen LogP) is 3.30. The maximum Gasteiger partial charge on any atom is 0.0951 e. The lowest BCUT2D eigenvalue weighted by atomic mass is 9.96. The van der Waals surface area contributed by atoms with Gasteiger partial charge in [0.1, 0.15) is 0 Å². The van der Waals surface area contributed by atoms with Crippen LogP contribution in [0.2, 0.25) is 0 Å². The van der Waals surface area contributed by atoms with Crippen molar-refractivity contribution in [2.24, 2.45) is 5.41 Å². The summed E-state index contributed by atoms with van der Waals surface area (Å²) in [6.07, 6.45) is 1.78. The first-order valence-electron chi connectivity index (χ1n) is 6.23. The minimum absolute atomic E-state index is 0.255. The van der Waals surface area contributed by atoms with Crippen molar-refractivity contribution in [3.8, 4) is 0 Å². The summed E-state index contributed by atoms with van der Waals surface area (Å²) in [4.78, 5) is 6.64. The number of nitrogens with zero attached hydrogens (tertiary/aromatic N) is 2. The molecule has 0 aliphatic carbocycles. The molecule has 0 unspecified atom stereocenters. The summed E-state index contributed by atoms with van der Waals surface area (Å²) in [5, 5.41) is 1.12. The van der Waals surface area contributed by atoms with E-state index < -0.39 is 0 Å². The van der Waals surface area contributed by atoms with E-state index in [2.05, 4.69) is 49.8 Å². The van der Waals surface area contributed by atoms with Gasteiger partial charge in [0.2, 0.25) is 0 Å². The van der Waals surface area contributed by atoms with Crippen LogP contribution >= 0.6 is 0 Å². The Bertz CT molecular complexity index is 555. The van der Waals surface area contributed by atoms with Crippen LogP contribution in [0.25, 0.3) is 10.9 Å². The second kappa shape index (κ2) is 4.48. The molecule has 2 aromatic rings. The number of pyridine rings is 1. The molecule has 2 N–H and O–H groups in total. The summed E-state index contributed by atoms with van der Waals surface area (Å²) >= 11 is 0. The van der Waals surface area contributed by atoms with Gasteiger partial charge >= 0.3 is 0 Å². The summed E-state index contributed by atoms with van der Waals surface area (Å²) in [6.45, 7) is 7.70. The largest absolute Gasteiger partial charge is 0.397 e. The van der Waals surface area contributed by atoms with Gasteiger partial charge in [-0.3, -0.25) is 4.98 Å². The summed E-state index contributed by atoms with van der Waals surface area (Å²) in [5.41, 5.74) is 9.03. The zero-order valence-corrected chi connectivity index (χ0v) is 11.6. The molecule has 0 saturated heterocycles. The van der Waals surface area contributed by atoms with E-state index >= 15 is 0 Å². The zero-order chi connectivity index (χ0) is 13.3. The molecule has 0 fully saturated rings. The molecule has 3 heteroatoms. The van der Waals surface area contributed by atoms with Gasteiger partial charge in [-0.15, -0.1) is 0 Å². The van der Waals surface area contributed by atoms with Crippen molar-refractivity contribution < 1.29 is 0 Å². The van der Waals surface area contributed by atoms with Gasteiger partial charge in [0.05, 0.1) is 11.2 Å². The van der Waals surface area contributed by atoms with Crippen LogP contribution < -0.4 is 10.6 Å². The Morgan fingerprint density at radius 1 is 1.22 bits per heavy atom. The smallest absolute Gasteiger partial charge is 0.0951 e. The molecule has 3 nitrogen and oxygen atoms in total. The van der Waals surface area contributed by atoms with E-state index in [1.54, 1.807) is 6.20 Å². The molecule has 0 bridgehead atoms. The van der Waals surface area contributed by atoms with Gasteiger partial charge in [0.25, 0.3) is 0 Å². The van der Waals surface area contributed by atoms with Crippen molar-refractivity contribution in [1.82, 2.24) is 4.98 Å². The molecule has 2 rings (SSSR count). The zero-order valence-electron chi connectivity index (χ0n) is 11.6. The molecule has 0 saturated carbocycles. The van der Waals surface area contributed by atoms with Gasteiger partial charge < -0.3 is 10.6 Å². The molecular weight excluding hydrogens is 222 g/mol. The molecule has 0 aliphatic heterocycles. The molecule has 1 aromatic heterocycles. The highest BCUT2D eigenvalue weighted by Gasteiger charge is 2.16. The molecule has 0 radical (unpaired) electrons. The minimum atomic E-state index is 0.255. The lowest BCUT2D eigenvalue weighted by Gasteiger charge is -2.29. The predicted molar refractivity (Wildman–Crippen MR) is 78.9 cm³/mol. The van der Waals surface area contributed by atoms with Crippen molar-refractivity contribution >= 4 is 22.3 Å². The molecule has 18 heavy (non-hydrogen) atoms. The topological polar surface area (TPSA) is 42.1 Å². The third-order valence-corrected chi connectivity index (χ3v) is 2.90. The first-order valence-corrected chi connectivity index (χ1v) is 6.23. The van der Waals surface area contributed by atoms with E-state index in [0.29, 0.717) is 0 Å². The van der Waals surface area contributed by atoms with Crippen LogP contribution in [0.1, 0.15) is 20.8 Å². The highest BCUT2D eigenvalue weighted by atomic mass is 15.1. The molecule has 0 aliphatic rings. The summed E-state index contributed by atoms with van der Waals surface area (Å²) in [7, 11) is 2.11. The molecule has 0 amide bonds. The van der Waals surface area contributed by atoms with E-state index in [0.717, 1.165) is 23.1 Å². The second-order valence-corrected chi connectivity index (χ2v) is 5.99. The minimum Gasteiger partial charge on any atom is -0.397 e. The van der Waals surface area contributed by atoms with Gasteiger partial charge in [-0.25, -0.2) is 0 Å². The quantitative estimate of drug-likeness (QED) is 0.823. The summed E-state index contributed by atoms with van der Waals surface area (Å²) in [6, 6.07) is 8.04. The Morgan fingerprint density at radius 2 is 1.94 bits per heavy atom. The van der Waals surface area contributed by atoms with Gasteiger partial charge in [-0.2, -0.15) is 0 Å². The molecule has 96 valence electrons. The third kappa shape index (κ3) is 2.55. The maximum atomic E-state index is 5.97. The fourth-order valence-electron chi connectivity index (χ4n) is 2.31. The van der Waals surface area contributed by atoms with Gasteiger partial charge in [0, 0.05) is 30.9 Å². The molecule has 1 aromatic carbocycles. The molecule has 1 heterocycles. The Morgan fingerprint density at radius 3 is 2.61 bits per heavy atom. The van der Waals surface area contributed by atoms with E-state index in [-0.39, 0.29) is 5.41 Å². The molecule has 0 spiro atoms. The molecule has 0 atom stereocenters. The van der Waals surface area contributed by atoms with Crippen LogP contribution in [0, 0.1) is 5.41 Å². The van der Waals surface area contributed by atoms with Crippen molar-refractivity contribution in [2.45, 2.75) is 20.8 Å². The van der Waals surface area contributed by atoms with E-state index in [4.69, 9.17) is 5.73 Å². The van der Waals surface area contributed by atoms with Crippen LogP contribution in [0.15, 0.2) is 30.5 Å². The van der Waals surface area contributed by atoms with Crippen LogP contribution in [0.3, 0.4) is 0 Å². The van der Waals surface area contributed by atoms with E-state index in [9.17, 15) is 0 Å². The lowest BCUT2D eigenvalue weighted by Crippen LogP contribution is -2.29. The van der Waals surface area contributed by atoms with Crippen molar-refractivity contribution in [3.63, 3.8) is 0 Å². The maximum absolute atomic E-state index is 5.97. The SMILES string of the molecule is CN(CC(C)(C)C)c1ccc(N)c2ncccc12. The number of hydrogen-bond donors (Lipinski definition) is 1. The number of nitrogens with two attached hydrogens (primary N) is 1. The fourth-order valence-corrected chi connectivity index (χ4v) is 2.31. The van der Waals surface area contributed by atoms with Crippen molar-refractivity contribution in [2.75, 3.05) is 24.2 Å². The van der Waals surface area contributed by atoms with Crippen molar-refractivity contribution in [3.05, 3.63) is 30.5 Å². The van der Waals surface area contributed by atoms with Crippen molar-refractivity contribution in [1.29, 1.82) is 0 Å². The second-order valence-electron chi connectivity index (χ2n) is 5.99. The number of hydrogen-bond acceptors (Lipinski definition) is 3. The Kier molecular flexibility index (Phi) is 3.16. The number of nitrogen functional groups attached to an aromatic ring is 1. The standard InChI is InChI=1S/C15H21N3/c1-15(2,3)10-18(4)13-8-7-12(16)14-11(13)6-5-9-17-14/h5-9H,10,16H2,1-4H3. The first kappa shape index (κ1) is 12.7. The lowest BCUT2D eigenvalue weighted by molar-refractivity contribution is 0.419. The first-order chi connectivity index (χ1) is 8.38. The van der Waals surface area contributed by atoms with Crippen LogP contribution in [0.5, 0.6) is 0 Å². The summed E-state index contributed by atoms with van der Waals surface area (Å²) in [5.74, 6) is 0. The third-order valence-electron chi connectivity index (χ3n) is 2.90. The number of fused-ring (bicyclic) bond motifs is 1. The van der Waals surface area contributed by atoms with Gasteiger partial charge in [-0.1, -0.05) is 20.8 Å². The number of anilines is 2.